The first-order valence-electron chi connectivity index (χ1n) is 9.54. The number of fused-ring (bicyclic) bond motifs is 1. The van der Waals surface area contributed by atoms with Crippen molar-refractivity contribution >= 4 is 33.9 Å². The third-order valence-electron chi connectivity index (χ3n) is 5.11. The second kappa shape index (κ2) is 8.73. The van der Waals surface area contributed by atoms with Crippen molar-refractivity contribution in [1.82, 2.24) is 9.78 Å². The molecule has 0 aliphatic heterocycles. The molecule has 156 valence electrons. The number of nitrogens with zero attached hydrogens (tertiary/aromatic N) is 3. The van der Waals surface area contributed by atoms with Gasteiger partial charge in [-0.25, -0.2) is 4.79 Å². The Bertz CT molecular complexity index is 962. The maximum Gasteiger partial charge on any atom is 0.341 e. The van der Waals surface area contributed by atoms with Crippen molar-refractivity contribution in [1.29, 1.82) is 0 Å². The van der Waals surface area contributed by atoms with E-state index in [1.165, 1.54) is 18.4 Å². The van der Waals surface area contributed by atoms with Gasteiger partial charge in [0.25, 0.3) is 0 Å². The summed E-state index contributed by atoms with van der Waals surface area (Å²) in [7, 11) is 1.34. The largest absolute Gasteiger partial charge is 0.465 e. The Morgan fingerprint density at radius 3 is 2.69 bits per heavy atom. The summed E-state index contributed by atoms with van der Waals surface area (Å²) in [6.07, 6.45) is 4.53. The Labute approximate surface area is 172 Å². The third kappa shape index (κ3) is 4.31. The van der Waals surface area contributed by atoms with Crippen molar-refractivity contribution in [2.24, 2.45) is 0 Å². The van der Waals surface area contributed by atoms with Crippen molar-refractivity contribution in [2.75, 3.05) is 12.4 Å². The summed E-state index contributed by atoms with van der Waals surface area (Å²) in [4.78, 5) is 36.5. The number of hydrogen-bond acceptors (Lipinski definition) is 7. The Kier molecular flexibility index (Phi) is 6.31. The van der Waals surface area contributed by atoms with Gasteiger partial charge in [0, 0.05) is 17.8 Å². The molecule has 2 aromatic rings. The number of nitro groups is 1. The smallest absolute Gasteiger partial charge is 0.341 e. The molecule has 1 aliphatic rings. The molecule has 0 saturated carbocycles. The molecular formula is C19H24N4O5S. The number of esters is 1. The van der Waals surface area contributed by atoms with Gasteiger partial charge in [-0.15, -0.1) is 11.3 Å². The highest BCUT2D eigenvalue weighted by Gasteiger charge is 2.27. The number of anilines is 1. The highest BCUT2D eigenvalue weighted by Crippen LogP contribution is 2.38. The van der Waals surface area contributed by atoms with Crippen LogP contribution in [-0.4, -0.2) is 33.7 Å². The van der Waals surface area contributed by atoms with E-state index in [0.29, 0.717) is 34.9 Å². The molecule has 1 amide bonds. The molecule has 2 heterocycles. The first kappa shape index (κ1) is 21.0. The molecule has 0 unspecified atom stereocenters. The number of aryl methyl sites for hydroxylation is 3. The average Bonchev–Trinajstić information content (AvgIpc) is 3.17. The minimum absolute atomic E-state index is 0.0151. The minimum Gasteiger partial charge on any atom is -0.465 e. The summed E-state index contributed by atoms with van der Waals surface area (Å²) < 4.78 is 6.48. The number of nitrogens with one attached hydrogen (secondary N) is 1. The van der Waals surface area contributed by atoms with E-state index in [4.69, 9.17) is 4.74 Å². The van der Waals surface area contributed by atoms with Gasteiger partial charge in [-0.3, -0.25) is 19.6 Å². The van der Waals surface area contributed by atoms with Crippen LogP contribution >= 0.6 is 11.3 Å². The Morgan fingerprint density at radius 1 is 1.31 bits per heavy atom. The van der Waals surface area contributed by atoms with Crippen LogP contribution in [0.2, 0.25) is 0 Å². The van der Waals surface area contributed by atoms with E-state index in [2.05, 4.69) is 10.4 Å². The summed E-state index contributed by atoms with van der Waals surface area (Å²) >= 11 is 1.45. The van der Waals surface area contributed by atoms with Gasteiger partial charge in [0.15, 0.2) is 0 Å². The lowest BCUT2D eigenvalue weighted by Gasteiger charge is -2.11. The van der Waals surface area contributed by atoms with Crippen LogP contribution in [-0.2, 0) is 28.9 Å². The molecule has 1 N–H and O–H groups in total. The number of rotatable bonds is 7. The minimum atomic E-state index is -0.437. The van der Waals surface area contributed by atoms with E-state index in [0.717, 1.165) is 36.1 Å². The first-order chi connectivity index (χ1) is 13.8. The van der Waals surface area contributed by atoms with Crippen molar-refractivity contribution in [3.63, 3.8) is 0 Å². The number of hydrogen-bond donors (Lipinski definition) is 1. The molecule has 0 atom stereocenters. The van der Waals surface area contributed by atoms with Crippen LogP contribution in [0.15, 0.2) is 0 Å². The van der Waals surface area contributed by atoms with E-state index in [-0.39, 0.29) is 18.0 Å². The van der Waals surface area contributed by atoms with Crippen molar-refractivity contribution in [2.45, 2.75) is 58.9 Å². The summed E-state index contributed by atoms with van der Waals surface area (Å²) in [5.41, 5.74) is 2.34. The number of thiophene rings is 1. The molecule has 0 fully saturated rings. The fourth-order valence-electron chi connectivity index (χ4n) is 3.72. The van der Waals surface area contributed by atoms with Crippen LogP contribution < -0.4 is 5.32 Å². The molecule has 0 spiro atoms. The zero-order valence-corrected chi connectivity index (χ0v) is 17.6. The predicted octanol–water partition coefficient (Wildman–Crippen LogP) is 3.55. The van der Waals surface area contributed by atoms with Crippen molar-refractivity contribution < 1.29 is 19.2 Å². The number of aromatic nitrogens is 2. The summed E-state index contributed by atoms with van der Waals surface area (Å²) in [5, 5.41) is 18.7. The third-order valence-corrected chi connectivity index (χ3v) is 6.32. The van der Waals surface area contributed by atoms with Gasteiger partial charge in [0.1, 0.15) is 16.4 Å². The lowest BCUT2D eigenvalue weighted by atomic mass is 9.95. The zero-order chi connectivity index (χ0) is 21.1. The van der Waals surface area contributed by atoms with Crippen LogP contribution in [0.5, 0.6) is 0 Å². The highest BCUT2D eigenvalue weighted by atomic mass is 32.1. The van der Waals surface area contributed by atoms with Crippen molar-refractivity contribution in [3.05, 3.63) is 37.5 Å². The van der Waals surface area contributed by atoms with Gasteiger partial charge in [-0.05, 0) is 51.5 Å². The highest BCUT2D eigenvalue weighted by molar-refractivity contribution is 7.17. The summed E-state index contributed by atoms with van der Waals surface area (Å²) in [6, 6.07) is 0. The SMILES string of the molecule is COC(=O)c1c(NC(=O)CCCn2nc(C)c([N+](=O)[O-])c2C)sc2c1CCCC2. The standard InChI is InChI=1S/C19H24N4O5S/c1-11-17(23(26)27)12(2)22(21-11)10-6-9-15(24)20-18-16(19(25)28-3)13-7-4-5-8-14(13)29-18/h4-10H2,1-3H3,(H,20,24). The zero-order valence-electron chi connectivity index (χ0n) is 16.7. The normalized spacial score (nSPS) is 13.1. The quantitative estimate of drug-likeness (QED) is 0.416. The van der Waals surface area contributed by atoms with E-state index in [1.807, 2.05) is 0 Å². The van der Waals surface area contributed by atoms with Crippen molar-refractivity contribution in [3.8, 4) is 0 Å². The number of ether oxygens (including phenoxy) is 1. The Morgan fingerprint density at radius 2 is 2.03 bits per heavy atom. The Hall–Kier alpha value is -2.75. The van der Waals surface area contributed by atoms with Gasteiger partial charge in [0.05, 0.1) is 17.6 Å². The molecule has 0 bridgehead atoms. The topological polar surface area (TPSA) is 116 Å². The van der Waals surface area contributed by atoms with E-state index in [1.54, 1.807) is 18.5 Å². The monoisotopic (exact) mass is 420 g/mol. The molecule has 2 aromatic heterocycles. The molecule has 0 saturated heterocycles. The van der Waals surface area contributed by atoms with Crippen LogP contribution in [0.1, 0.15) is 57.9 Å². The number of methoxy groups -OCH3 is 1. The average molecular weight is 420 g/mol. The number of carbonyl (C=O) groups excluding carboxylic acids is 2. The van der Waals surface area contributed by atoms with Gasteiger partial charge < -0.3 is 10.1 Å². The molecule has 3 rings (SSSR count). The maximum atomic E-state index is 12.4. The van der Waals surface area contributed by atoms with Gasteiger partial charge >= 0.3 is 11.7 Å². The lowest BCUT2D eigenvalue weighted by molar-refractivity contribution is -0.386. The second-order valence-corrected chi connectivity index (χ2v) is 8.16. The molecule has 0 radical (unpaired) electrons. The molecular weight excluding hydrogens is 396 g/mol. The summed E-state index contributed by atoms with van der Waals surface area (Å²) in [5.74, 6) is -0.626. The molecule has 9 nitrogen and oxygen atoms in total. The molecule has 0 aromatic carbocycles. The second-order valence-electron chi connectivity index (χ2n) is 7.06. The number of amides is 1. The van der Waals surface area contributed by atoms with Crippen LogP contribution in [0.25, 0.3) is 0 Å². The number of carbonyl (C=O) groups is 2. The molecule has 10 heteroatoms. The predicted molar refractivity (Wildman–Crippen MR) is 109 cm³/mol. The van der Waals surface area contributed by atoms with Crippen LogP contribution in [0.3, 0.4) is 0 Å². The lowest BCUT2D eigenvalue weighted by Crippen LogP contribution is -2.15. The van der Waals surface area contributed by atoms with E-state index >= 15 is 0 Å². The fourth-order valence-corrected chi connectivity index (χ4v) is 5.01. The maximum absolute atomic E-state index is 12.4. The van der Waals surface area contributed by atoms with E-state index < -0.39 is 10.9 Å². The van der Waals surface area contributed by atoms with Gasteiger partial charge in [0.2, 0.25) is 5.91 Å². The summed E-state index contributed by atoms with van der Waals surface area (Å²) in [6.45, 7) is 3.65. The van der Waals surface area contributed by atoms with Gasteiger partial charge in [-0.1, -0.05) is 0 Å². The van der Waals surface area contributed by atoms with Gasteiger partial charge in [-0.2, -0.15) is 5.10 Å². The molecule has 29 heavy (non-hydrogen) atoms. The van der Waals surface area contributed by atoms with Crippen LogP contribution in [0.4, 0.5) is 10.7 Å². The fraction of sp³-hybridized carbons (Fsp3) is 0.526. The van der Waals surface area contributed by atoms with Crippen LogP contribution in [0, 0.1) is 24.0 Å². The van der Waals surface area contributed by atoms with E-state index in [9.17, 15) is 19.7 Å². The first-order valence-corrected chi connectivity index (χ1v) is 10.4. The Balaban J connectivity index is 1.65. The molecule has 1 aliphatic carbocycles.